The number of nitrogens with two attached hydrogens (primary N) is 1. The van der Waals surface area contributed by atoms with Crippen molar-refractivity contribution >= 4 is 39.6 Å². The van der Waals surface area contributed by atoms with Gasteiger partial charge in [0, 0.05) is 40.6 Å². The summed E-state index contributed by atoms with van der Waals surface area (Å²) < 4.78 is 0. The van der Waals surface area contributed by atoms with Crippen LogP contribution in [-0.4, -0.2) is 51.0 Å². The van der Waals surface area contributed by atoms with Crippen LogP contribution in [0.2, 0.25) is 0 Å². The average Bonchev–Trinajstić information content (AvgIpc) is 3.42. The van der Waals surface area contributed by atoms with Gasteiger partial charge in [-0.25, -0.2) is 4.79 Å². The number of aromatic amines is 2. The minimum Gasteiger partial charge on any atom is -0.480 e. The van der Waals surface area contributed by atoms with E-state index >= 15 is 0 Å². The van der Waals surface area contributed by atoms with Gasteiger partial charge < -0.3 is 31.4 Å². The van der Waals surface area contributed by atoms with E-state index in [4.69, 9.17) is 5.73 Å². The Morgan fingerprint density at radius 3 is 1.94 bits per heavy atom. The first-order chi connectivity index (χ1) is 16.3. The van der Waals surface area contributed by atoms with Crippen molar-refractivity contribution in [2.45, 2.75) is 37.9 Å². The highest BCUT2D eigenvalue weighted by atomic mass is 16.4. The van der Waals surface area contributed by atoms with Gasteiger partial charge in [0.1, 0.15) is 12.1 Å². The number of nitrogens with one attached hydrogen (secondary N) is 4. The van der Waals surface area contributed by atoms with Crippen molar-refractivity contribution in [3.63, 3.8) is 0 Å². The topological polar surface area (TPSA) is 153 Å². The van der Waals surface area contributed by atoms with Gasteiger partial charge in [0.25, 0.3) is 0 Å². The van der Waals surface area contributed by atoms with Crippen molar-refractivity contribution in [1.82, 2.24) is 20.6 Å². The van der Waals surface area contributed by atoms with Gasteiger partial charge in [0.2, 0.25) is 11.8 Å². The maximum atomic E-state index is 12.7. The average molecular weight is 462 g/mol. The van der Waals surface area contributed by atoms with Crippen LogP contribution >= 0.6 is 0 Å². The molecule has 0 saturated carbocycles. The molecule has 0 aliphatic rings. The fourth-order valence-electron chi connectivity index (χ4n) is 4.03. The van der Waals surface area contributed by atoms with Gasteiger partial charge in [-0.1, -0.05) is 36.4 Å². The Kier molecular flexibility index (Phi) is 6.65. The van der Waals surface area contributed by atoms with E-state index in [1.165, 1.54) is 6.92 Å². The lowest BCUT2D eigenvalue weighted by atomic mass is 10.0. The molecule has 0 saturated heterocycles. The molecule has 2 aromatic carbocycles. The molecular formula is C25H27N5O4. The molecule has 3 atom stereocenters. The van der Waals surface area contributed by atoms with Crippen molar-refractivity contribution in [2.24, 2.45) is 5.73 Å². The molecule has 9 heteroatoms. The third-order valence-corrected chi connectivity index (χ3v) is 5.92. The molecule has 4 aromatic rings. The van der Waals surface area contributed by atoms with Gasteiger partial charge >= 0.3 is 5.97 Å². The molecule has 7 N–H and O–H groups in total. The Balaban J connectivity index is 1.35. The van der Waals surface area contributed by atoms with Crippen LogP contribution in [-0.2, 0) is 27.2 Å². The molecule has 2 heterocycles. The zero-order valence-electron chi connectivity index (χ0n) is 18.7. The SMILES string of the molecule is C[C@H](NC(=O)[C@@H](N)Cc1c[nH]c2ccccc12)C(=O)N[C@@H](Cc1c[nH]c2ccccc12)C(=O)O. The number of para-hydroxylation sites is 2. The highest BCUT2D eigenvalue weighted by molar-refractivity contribution is 5.92. The number of amides is 2. The van der Waals surface area contributed by atoms with Crippen molar-refractivity contribution < 1.29 is 19.5 Å². The van der Waals surface area contributed by atoms with E-state index in [2.05, 4.69) is 20.6 Å². The first-order valence-corrected chi connectivity index (χ1v) is 11.0. The number of hydrogen-bond acceptors (Lipinski definition) is 4. The summed E-state index contributed by atoms with van der Waals surface area (Å²) in [4.78, 5) is 43.3. The number of carboxylic acid groups (broad SMARTS) is 1. The lowest BCUT2D eigenvalue weighted by Gasteiger charge is -2.20. The van der Waals surface area contributed by atoms with Crippen LogP contribution < -0.4 is 16.4 Å². The number of aromatic nitrogens is 2. The van der Waals surface area contributed by atoms with E-state index < -0.39 is 35.9 Å². The molecule has 2 aromatic heterocycles. The van der Waals surface area contributed by atoms with Crippen LogP contribution in [0, 0.1) is 0 Å². The van der Waals surface area contributed by atoms with Crippen LogP contribution in [0.1, 0.15) is 18.1 Å². The quantitative estimate of drug-likeness (QED) is 0.225. The second kappa shape index (κ2) is 9.80. The normalized spacial score (nSPS) is 13.9. The number of fused-ring (bicyclic) bond motifs is 2. The molecule has 0 fully saturated rings. The molecule has 0 spiro atoms. The highest BCUT2D eigenvalue weighted by Gasteiger charge is 2.26. The molecule has 2 amide bonds. The second-order valence-electron chi connectivity index (χ2n) is 8.36. The Morgan fingerprint density at radius 1 is 0.853 bits per heavy atom. The predicted molar refractivity (Wildman–Crippen MR) is 129 cm³/mol. The highest BCUT2D eigenvalue weighted by Crippen LogP contribution is 2.20. The fraction of sp³-hybridized carbons (Fsp3) is 0.240. The summed E-state index contributed by atoms with van der Waals surface area (Å²) in [5, 5.41) is 16.6. The monoisotopic (exact) mass is 461 g/mol. The van der Waals surface area contributed by atoms with Crippen molar-refractivity contribution in [3.05, 3.63) is 72.1 Å². The lowest BCUT2D eigenvalue weighted by Crippen LogP contribution is -2.54. The van der Waals surface area contributed by atoms with E-state index in [1.54, 1.807) is 6.20 Å². The van der Waals surface area contributed by atoms with Gasteiger partial charge in [-0.05, 0) is 36.6 Å². The third-order valence-electron chi connectivity index (χ3n) is 5.92. The molecule has 4 rings (SSSR count). The zero-order chi connectivity index (χ0) is 24.2. The number of aliphatic carboxylic acids is 1. The van der Waals surface area contributed by atoms with Crippen LogP contribution in [0.3, 0.4) is 0 Å². The summed E-state index contributed by atoms with van der Waals surface area (Å²) in [6.07, 6.45) is 3.95. The van der Waals surface area contributed by atoms with E-state index in [0.717, 1.165) is 32.9 Å². The zero-order valence-corrected chi connectivity index (χ0v) is 18.7. The molecule has 34 heavy (non-hydrogen) atoms. The van der Waals surface area contributed by atoms with Crippen LogP contribution in [0.4, 0.5) is 0 Å². The summed E-state index contributed by atoms with van der Waals surface area (Å²) in [5.74, 6) is -2.25. The predicted octanol–water partition coefficient (Wildman–Crippen LogP) is 1.84. The molecule has 0 radical (unpaired) electrons. The number of rotatable bonds is 9. The molecule has 0 aliphatic carbocycles. The van der Waals surface area contributed by atoms with Crippen LogP contribution in [0.25, 0.3) is 21.8 Å². The van der Waals surface area contributed by atoms with Gasteiger partial charge in [0.05, 0.1) is 6.04 Å². The minimum atomic E-state index is -1.16. The van der Waals surface area contributed by atoms with Gasteiger partial charge in [0.15, 0.2) is 0 Å². The number of carbonyl (C=O) groups excluding carboxylic acids is 2. The van der Waals surface area contributed by atoms with E-state index in [0.29, 0.717) is 6.42 Å². The minimum absolute atomic E-state index is 0.103. The van der Waals surface area contributed by atoms with Crippen molar-refractivity contribution in [2.75, 3.05) is 0 Å². The summed E-state index contributed by atoms with van der Waals surface area (Å²) in [7, 11) is 0. The first kappa shape index (κ1) is 23.1. The molecular weight excluding hydrogens is 434 g/mol. The Bertz CT molecular complexity index is 1340. The summed E-state index contributed by atoms with van der Waals surface area (Å²) in [6.45, 7) is 1.50. The van der Waals surface area contributed by atoms with Crippen molar-refractivity contribution in [1.29, 1.82) is 0 Å². The van der Waals surface area contributed by atoms with Gasteiger partial charge in [-0.15, -0.1) is 0 Å². The molecule has 0 aliphatic heterocycles. The lowest BCUT2D eigenvalue weighted by molar-refractivity contribution is -0.142. The number of hydrogen-bond donors (Lipinski definition) is 6. The molecule has 0 unspecified atom stereocenters. The van der Waals surface area contributed by atoms with Crippen LogP contribution in [0.5, 0.6) is 0 Å². The maximum absolute atomic E-state index is 12.7. The Labute approximate surface area is 195 Å². The largest absolute Gasteiger partial charge is 0.480 e. The summed E-state index contributed by atoms with van der Waals surface area (Å²) >= 11 is 0. The third kappa shape index (κ3) is 4.94. The summed E-state index contributed by atoms with van der Waals surface area (Å²) in [6, 6.07) is 12.3. The van der Waals surface area contributed by atoms with Crippen molar-refractivity contribution in [3.8, 4) is 0 Å². The Hall–Kier alpha value is -4.11. The maximum Gasteiger partial charge on any atom is 0.326 e. The molecule has 0 bridgehead atoms. The van der Waals surface area contributed by atoms with Gasteiger partial charge in [-0.3, -0.25) is 9.59 Å². The standard InChI is InChI=1S/C25H27N5O4/c1-14(29-24(32)19(26)10-15-12-27-20-8-4-2-6-17(15)20)23(31)30-22(25(33)34)11-16-13-28-21-9-5-3-7-18(16)21/h2-9,12-14,19,22,27-28H,10-11,26H2,1H3,(H,29,32)(H,30,31)(H,33,34)/t14-,19-,22-/m0/s1. The van der Waals surface area contributed by atoms with Gasteiger partial charge in [-0.2, -0.15) is 0 Å². The number of carboxylic acids is 1. The number of H-pyrrole nitrogens is 2. The first-order valence-electron chi connectivity index (χ1n) is 11.0. The molecule has 176 valence electrons. The fourth-order valence-corrected chi connectivity index (χ4v) is 4.03. The Morgan fingerprint density at radius 2 is 1.38 bits per heavy atom. The van der Waals surface area contributed by atoms with E-state index in [1.807, 2.05) is 54.7 Å². The number of carbonyl (C=O) groups is 3. The van der Waals surface area contributed by atoms with E-state index in [9.17, 15) is 19.5 Å². The van der Waals surface area contributed by atoms with Crippen LogP contribution in [0.15, 0.2) is 60.9 Å². The number of benzene rings is 2. The second-order valence-corrected chi connectivity index (χ2v) is 8.36. The molecule has 9 nitrogen and oxygen atoms in total. The summed E-state index contributed by atoms with van der Waals surface area (Å²) in [5.41, 5.74) is 9.61. The van der Waals surface area contributed by atoms with E-state index in [-0.39, 0.29) is 6.42 Å². The smallest absolute Gasteiger partial charge is 0.326 e.